The largest absolute Gasteiger partial charge is 0.496 e. The topological polar surface area (TPSA) is 67.0 Å². The van der Waals surface area contributed by atoms with Crippen LogP contribution in [0.25, 0.3) is 0 Å². The van der Waals surface area contributed by atoms with E-state index in [0.717, 1.165) is 15.7 Å². The number of carbonyl (C=O) groups is 1. The normalized spacial score (nSPS) is 10.4. The summed E-state index contributed by atoms with van der Waals surface area (Å²) in [5.41, 5.74) is 1.33. The Morgan fingerprint density at radius 3 is 2.85 bits per heavy atom. The van der Waals surface area contributed by atoms with Gasteiger partial charge in [0.25, 0.3) is 5.91 Å². The second kappa shape index (κ2) is 6.45. The molecule has 5 nitrogen and oxygen atoms in total. The van der Waals surface area contributed by atoms with E-state index in [0.29, 0.717) is 22.2 Å². The first-order valence-corrected chi connectivity index (χ1v) is 7.39. The van der Waals surface area contributed by atoms with Gasteiger partial charge in [-0.05, 0) is 41.1 Å². The molecule has 1 amide bonds. The summed E-state index contributed by atoms with van der Waals surface area (Å²) in [5.74, 6) is 0.639. The summed E-state index contributed by atoms with van der Waals surface area (Å²) in [7, 11) is 1.51. The zero-order chi connectivity index (χ0) is 14.7. The number of carbonyl (C=O) groups excluding carboxylic acids is 1. The van der Waals surface area contributed by atoms with E-state index in [1.54, 1.807) is 18.2 Å². The van der Waals surface area contributed by atoms with Crippen molar-refractivity contribution in [3.8, 4) is 5.75 Å². The summed E-state index contributed by atoms with van der Waals surface area (Å²) in [6.45, 7) is 2.00. The molecule has 0 atom stereocenters. The molecule has 1 aromatic carbocycles. The SMILES string of the molecule is CCc1cc(NC(=O)c2cc(Cl)c(I)cc2OC)n[nH]1. The standard InChI is InChI=1S/C13H13ClIN3O2/c1-3-7-4-12(18-17-7)16-13(19)8-5-9(14)10(15)6-11(8)20-2/h4-6H,3H2,1-2H3,(H2,16,17,18,19). The molecule has 0 aliphatic heterocycles. The molecular formula is C13H13ClIN3O2. The summed E-state index contributed by atoms with van der Waals surface area (Å²) in [4.78, 5) is 12.2. The summed E-state index contributed by atoms with van der Waals surface area (Å²) in [5, 5.41) is 10.1. The minimum atomic E-state index is -0.311. The zero-order valence-corrected chi connectivity index (χ0v) is 13.9. The van der Waals surface area contributed by atoms with Crippen molar-refractivity contribution in [2.75, 3.05) is 12.4 Å². The lowest BCUT2D eigenvalue weighted by Gasteiger charge is -2.09. The number of aromatic amines is 1. The number of halogens is 2. The van der Waals surface area contributed by atoms with E-state index in [9.17, 15) is 4.79 Å². The van der Waals surface area contributed by atoms with Crippen molar-refractivity contribution >= 4 is 45.9 Å². The highest BCUT2D eigenvalue weighted by atomic mass is 127. The first-order valence-electron chi connectivity index (χ1n) is 5.93. The van der Waals surface area contributed by atoms with Crippen LogP contribution in [0, 0.1) is 3.57 Å². The molecule has 106 valence electrons. The average molecular weight is 406 g/mol. The van der Waals surface area contributed by atoms with Gasteiger partial charge in [-0.3, -0.25) is 9.89 Å². The van der Waals surface area contributed by atoms with Crippen molar-refractivity contribution < 1.29 is 9.53 Å². The van der Waals surface area contributed by atoms with Gasteiger partial charge < -0.3 is 10.1 Å². The van der Waals surface area contributed by atoms with Gasteiger partial charge in [0.15, 0.2) is 5.82 Å². The molecule has 0 spiro atoms. The third-order valence-electron chi connectivity index (χ3n) is 2.74. The number of anilines is 1. The number of rotatable bonds is 4. The van der Waals surface area contributed by atoms with Crippen LogP contribution in [0.4, 0.5) is 5.82 Å². The highest BCUT2D eigenvalue weighted by Gasteiger charge is 2.16. The average Bonchev–Trinajstić information content (AvgIpc) is 2.88. The van der Waals surface area contributed by atoms with E-state index in [1.807, 2.05) is 6.92 Å². The molecule has 0 aliphatic rings. The number of nitrogens with zero attached hydrogens (tertiary/aromatic N) is 1. The van der Waals surface area contributed by atoms with Crippen molar-refractivity contribution in [1.82, 2.24) is 10.2 Å². The Morgan fingerprint density at radius 2 is 2.25 bits per heavy atom. The number of nitrogens with one attached hydrogen (secondary N) is 2. The number of H-pyrrole nitrogens is 1. The molecule has 0 saturated heterocycles. The van der Waals surface area contributed by atoms with E-state index in [1.165, 1.54) is 7.11 Å². The fourth-order valence-corrected chi connectivity index (χ4v) is 2.27. The number of benzene rings is 1. The molecule has 2 aromatic rings. The molecule has 2 rings (SSSR count). The third kappa shape index (κ3) is 3.24. The molecule has 0 fully saturated rings. The van der Waals surface area contributed by atoms with Crippen molar-refractivity contribution in [2.24, 2.45) is 0 Å². The highest BCUT2D eigenvalue weighted by molar-refractivity contribution is 14.1. The second-order valence-corrected chi connectivity index (χ2v) is 5.62. The minimum absolute atomic E-state index is 0.311. The van der Waals surface area contributed by atoms with Crippen molar-refractivity contribution in [3.63, 3.8) is 0 Å². The van der Waals surface area contributed by atoms with Crippen LogP contribution in [0.15, 0.2) is 18.2 Å². The molecule has 1 heterocycles. The predicted octanol–water partition coefficient (Wildman–Crippen LogP) is 3.49. The summed E-state index contributed by atoms with van der Waals surface area (Å²) < 4.78 is 6.04. The number of aryl methyl sites for hydroxylation is 1. The van der Waals surface area contributed by atoms with Crippen LogP contribution in [0.2, 0.25) is 5.02 Å². The predicted molar refractivity (Wildman–Crippen MR) is 86.6 cm³/mol. The number of aromatic nitrogens is 2. The highest BCUT2D eigenvalue weighted by Crippen LogP contribution is 2.28. The van der Waals surface area contributed by atoms with Gasteiger partial charge in [0.05, 0.1) is 17.7 Å². The zero-order valence-electron chi connectivity index (χ0n) is 11.0. The third-order valence-corrected chi connectivity index (χ3v) is 4.26. The Hall–Kier alpha value is -1.28. The van der Waals surface area contributed by atoms with E-state index in [4.69, 9.17) is 16.3 Å². The Balaban J connectivity index is 2.26. The number of hydrogen-bond acceptors (Lipinski definition) is 3. The van der Waals surface area contributed by atoms with Gasteiger partial charge in [0, 0.05) is 15.3 Å². The lowest BCUT2D eigenvalue weighted by atomic mass is 10.2. The number of methoxy groups -OCH3 is 1. The van der Waals surface area contributed by atoms with Gasteiger partial charge in [-0.1, -0.05) is 18.5 Å². The summed E-state index contributed by atoms with van der Waals surface area (Å²) in [6.07, 6.45) is 0.821. The molecule has 20 heavy (non-hydrogen) atoms. The van der Waals surface area contributed by atoms with Gasteiger partial charge in [-0.15, -0.1) is 0 Å². The van der Waals surface area contributed by atoms with Crippen molar-refractivity contribution in [2.45, 2.75) is 13.3 Å². The first-order chi connectivity index (χ1) is 9.55. The molecule has 1 aromatic heterocycles. The molecule has 0 aliphatic carbocycles. The van der Waals surface area contributed by atoms with Gasteiger partial charge in [0.2, 0.25) is 0 Å². The number of ether oxygens (including phenoxy) is 1. The van der Waals surface area contributed by atoms with Gasteiger partial charge >= 0.3 is 0 Å². The molecule has 0 bridgehead atoms. The Morgan fingerprint density at radius 1 is 1.50 bits per heavy atom. The van der Waals surface area contributed by atoms with Crippen LogP contribution in [-0.4, -0.2) is 23.2 Å². The fraction of sp³-hybridized carbons (Fsp3) is 0.231. The molecule has 7 heteroatoms. The van der Waals surface area contributed by atoms with Gasteiger partial charge in [-0.25, -0.2) is 0 Å². The fourth-order valence-electron chi connectivity index (χ4n) is 1.67. The van der Waals surface area contributed by atoms with E-state index >= 15 is 0 Å². The Bertz CT molecular complexity index is 643. The molecule has 0 saturated carbocycles. The van der Waals surface area contributed by atoms with Gasteiger partial charge in [-0.2, -0.15) is 5.10 Å². The van der Waals surface area contributed by atoms with Crippen LogP contribution < -0.4 is 10.1 Å². The quantitative estimate of drug-likeness (QED) is 0.765. The number of amides is 1. The van der Waals surface area contributed by atoms with Gasteiger partial charge in [0.1, 0.15) is 5.75 Å². The van der Waals surface area contributed by atoms with E-state index in [-0.39, 0.29) is 5.91 Å². The number of hydrogen-bond donors (Lipinski definition) is 2. The van der Waals surface area contributed by atoms with E-state index in [2.05, 4.69) is 38.1 Å². The molecule has 2 N–H and O–H groups in total. The Labute approximate surface area is 135 Å². The molecule has 0 radical (unpaired) electrons. The monoisotopic (exact) mass is 405 g/mol. The maximum absolute atomic E-state index is 12.2. The maximum atomic E-state index is 12.2. The van der Waals surface area contributed by atoms with Crippen LogP contribution >= 0.6 is 34.2 Å². The maximum Gasteiger partial charge on any atom is 0.260 e. The molecule has 0 unspecified atom stereocenters. The van der Waals surface area contributed by atoms with Crippen LogP contribution in [0.5, 0.6) is 5.75 Å². The second-order valence-electron chi connectivity index (χ2n) is 4.05. The lowest BCUT2D eigenvalue weighted by molar-refractivity contribution is 0.102. The smallest absolute Gasteiger partial charge is 0.260 e. The van der Waals surface area contributed by atoms with Crippen molar-refractivity contribution in [3.05, 3.63) is 38.0 Å². The van der Waals surface area contributed by atoms with Crippen LogP contribution in [0.1, 0.15) is 23.0 Å². The minimum Gasteiger partial charge on any atom is -0.496 e. The van der Waals surface area contributed by atoms with Crippen LogP contribution in [-0.2, 0) is 6.42 Å². The van der Waals surface area contributed by atoms with E-state index < -0.39 is 0 Å². The lowest BCUT2D eigenvalue weighted by Crippen LogP contribution is -2.13. The van der Waals surface area contributed by atoms with Crippen LogP contribution in [0.3, 0.4) is 0 Å². The van der Waals surface area contributed by atoms with Crippen molar-refractivity contribution in [1.29, 1.82) is 0 Å². The first kappa shape index (κ1) is 15.1. The summed E-state index contributed by atoms with van der Waals surface area (Å²) >= 11 is 8.14. The summed E-state index contributed by atoms with van der Waals surface area (Å²) in [6, 6.07) is 5.10. The molecular weight excluding hydrogens is 393 g/mol. The Kier molecular flexibility index (Phi) is 4.87.